The van der Waals surface area contributed by atoms with Crippen LogP contribution in [0.4, 0.5) is 13.2 Å². The quantitative estimate of drug-likeness (QED) is 0.856. The van der Waals surface area contributed by atoms with Gasteiger partial charge < -0.3 is 10.1 Å². The van der Waals surface area contributed by atoms with E-state index in [-0.39, 0.29) is 5.75 Å². The Kier molecular flexibility index (Phi) is 5.66. The van der Waals surface area contributed by atoms with Gasteiger partial charge in [-0.05, 0) is 49.5 Å². The van der Waals surface area contributed by atoms with E-state index in [1.54, 1.807) is 12.1 Å². The van der Waals surface area contributed by atoms with Gasteiger partial charge in [-0.3, -0.25) is 0 Å². The summed E-state index contributed by atoms with van der Waals surface area (Å²) in [7, 11) is 1.90. The van der Waals surface area contributed by atoms with Crippen LogP contribution in [0.3, 0.4) is 0 Å². The van der Waals surface area contributed by atoms with Crippen molar-refractivity contribution < 1.29 is 17.9 Å². The number of nitrogens with one attached hydrogen (secondary N) is 1. The van der Waals surface area contributed by atoms with E-state index in [4.69, 9.17) is 0 Å². The van der Waals surface area contributed by atoms with Crippen LogP contribution in [-0.2, 0) is 6.42 Å². The summed E-state index contributed by atoms with van der Waals surface area (Å²) in [4.78, 5) is 0. The molecular weight excluding hydrogens is 255 g/mol. The van der Waals surface area contributed by atoms with Gasteiger partial charge >= 0.3 is 6.36 Å². The lowest BCUT2D eigenvalue weighted by atomic mass is 9.89. The molecule has 0 aliphatic heterocycles. The summed E-state index contributed by atoms with van der Waals surface area (Å²) < 4.78 is 39.9. The van der Waals surface area contributed by atoms with E-state index in [1.165, 1.54) is 12.1 Å². The Morgan fingerprint density at radius 1 is 1.16 bits per heavy atom. The minimum atomic E-state index is -4.63. The van der Waals surface area contributed by atoms with Gasteiger partial charge in [-0.15, -0.1) is 13.2 Å². The van der Waals surface area contributed by atoms with Crippen molar-refractivity contribution in [2.24, 2.45) is 11.8 Å². The third kappa shape index (κ3) is 5.96. The Hall–Kier alpha value is -1.23. The van der Waals surface area contributed by atoms with Gasteiger partial charge in [0.25, 0.3) is 0 Å². The molecule has 2 nitrogen and oxygen atoms in total. The fourth-order valence-electron chi connectivity index (χ4n) is 1.94. The van der Waals surface area contributed by atoms with Gasteiger partial charge in [0, 0.05) is 0 Å². The fraction of sp³-hybridized carbons (Fsp3) is 0.571. The molecule has 0 saturated heterocycles. The smallest absolute Gasteiger partial charge is 0.406 e. The minimum Gasteiger partial charge on any atom is -0.406 e. The van der Waals surface area contributed by atoms with Crippen molar-refractivity contribution in [1.82, 2.24) is 5.32 Å². The zero-order valence-corrected chi connectivity index (χ0v) is 11.4. The highest BCUT2D eigenvalue weighted by Crippen LogP contribution is 2.24. The van der Waals surface area contributed by atoms with Crippen molar-refractivity contribution in [2.75, 3.05) is 13.6 Å². The van der Waals surface area contributed by atoms with Crippen LogP contribution in [0, 0.1) is 11.8 Å². The molecule has 1 aromatic rings. The SMILES string of the molecule is CNCC(Cc1ccc(OC(F)(F)F)cc1)C(C)C. The van der Waals surface area contributed by atoms with Crippen molar-refractivity contribution in [2.45, 2.75) is 26.6 Å². The Morgan fingerprint density at radius 3 is 2.16 bits per heavy atom. The molecule has 5 heteroatoms. The van der Waals surface area contributed by atoms with Crippen molar-refractivity contribution in [3.8, 4) is 5.75 Å². The molecule has 0 amide bonds. The van der Waals surface area contributed by atoms with Crippen LogP contribution in [0.1, 0.15) is 19.4 Å². The van der Waals surface area contributed by atoms with Crippen LogP contribution < -0.4 is 10.1 Å². The monoisotopic (exact) mass is 275 g/mol. The molecule has 1 rings (SSSR count). The molecule has 0 fully saturated rings. The van der Waals surface area contributed by atoms with Crippen LogP contribution in [0.5, 0.6) is 5.75 Å². The number of hydrogen-bond acceptors (Lipinski definition) is 2. The van der Waals surface area contributed by atoms with Crippen molar-refractivity contribution in [1.29, 1.82) is 0 Å². The van der Waals surface area contributed by atoms with E-state index in [1.807, 2.05) is 7.05 Å². The normalized spacial score (nSPS) is 13.6. The van der Waals surface area contributed by atoms with Gasteiger partial charge in [0.2, 0.25) is 0 Å². The first-order valence-corrected chi connectivity index (χ1v) is 6.31. The average Bonchev–Trinajstić information content (AvgIpc) is 2.29. The maximum atomic E-state index is 12.0. The maximum Gasteiger partial charge on any atom is 0.573 e. The summed E-state index contributed by atoms with van der Waals surface area (Å²) >= 11 is 0. The van der Waals surface area contributed by atoms with E-state index < -0.39 is 6.36 Å². The van der Waals surface area contributed by atoms with E-state index in [2.05, 4.69) is 23.9 Å². The minimum absolute atomic E-state index is 0.175. The van der Waals surface area contributed by atoms with Crippen molar-refractivity contribution in [3.05, 3.63) is 29.8 Å². The second-order valence-electron chi connectivity index (χ2n) is 4.96. The molecule has 0 saturated carbocycles. The van der Waals surface area contributed by atoms with Gasteiger partial charge in [0.15, 0.2) is 0 Å². The third-order valence-electron chi connectivity index (χ3n) is 3.06. The highest BCUT2D eigenvalue weighted by atomic mass is 19.4. The van der Waals surface area contributed by atoms with E-state index in [9.17, 15) is 13.2 Å². The lowest BCUT2D eigenvalue weighted by molar-refractivity contribution is -0.274. The lowest BCUT2D eigenvalue weighted by Gasteiger charge is -2.20. The Balaban J connectivity index is 2.65. The van der Waals surface area contributed by atoms with Crippen LogP contribution in [0.2, 0.25) is 0 Å². The summed E-state index contributed by atoms with van der Waals surface area (Å²) in [5.41, 5.74) is 1.02. The Bertz CT molecular complexity index is 373. The predicted molar refractivity (Wildman–Crippen MR) is 69.1 cm³/mol. The Morgan fingerprint density at radius 2 is 1.74 bits per heavy atom. The number of halogens is 3. The Labute approximate surface area is 112 Å². The van der Waals surface area contributed by atoms with Gasteiger partial charge in [-0.25, -0.2) is 0 Å². The molecule has 0 aliphatic carbocycles. The lowest BCUT2D eigenvalue weighted by Crippen LogP contribution is -2.25. The molecule has 0 radical (unpaired) electrons. The summed E-state index contributed by atoms with van der Waals surface area (Å²) in [6.45, 7) is 5.17. The summed E-state index contributed by atoms with van der Waals surface area (Å²) in [6, 6.07) is 6.09. The molecule has 1 N–H and O–H groups in total. The topological polar surface area (TPSA) is 21.3 Å². The fourth-order valence-corrected chi connectivity index (χ4v) is 1.94. The molecule has 108 valence electrons. The number of rotatable bonds is 6. The molecule has 0 aliphatic rings. The second kappa shape index (κ2) is 6.80. The molecule has 1 unspecified atom stereocenters. The number of ether oxygens (including phenoxy) is 1. The average molecular weight is 275 g/mol. The van der Waals surface area contributed by atoms with Gasteiger partial charge in [-0.2, -0.15) is 0 Å². The van der Waals surface area contributed by atoms with Gasteiger partial charge in [0.1, 0.15) is 5.75 Å². The molecule has 1 aromatic carbocycles. The highest BCUT2D eigenvalue weighted by Gasteiger charge is 2.30. The highest BCUT2D eigenvalue weighted by molar-refractivity contribution is 5.27. The zero-order chi connectivity index (χ0) is 14.5. The first-order chi connectivity index (χ1) is 8.81. The van der Waals surface area contributed by atoms with E-state index in [0.29, 0.717) is 11.8 Å². The number of hydrogen-bond donors (Lipinski definition) is 1. The summed E-state index contributed by atoms with van der Waals surface area (Å²) in [6.07, 6.45) is -3.79. The second-order valence-corrected chi connectivity index (χ2v) is 4.96. The van der Waals surface area contributed by atoms with Crippen LogP contribution in [0.25, 0.3) is 0 Å². The summed E-state index contributed by atoms with van der Waals surface area (Å²) in [5.74, 6) is 0.795. The molecular formula is C14H20F3NO. The largest absolute Gasteiger partial charge is 0.573 e. The first kappa shape index (κ1) is 15.8. The summed E-state index contributed by atoms with van der Waals surface area (Å²) in [5, 5.41) is 3.14. The third-order valence-corrected chi connectivity index (χ3v) is 3.06. The van der Waals surface area contributed by atoms with Crippen LogP contribution in [0.15, 0.2) is 24.3 Å². The zero-order valence-electron chi connectivity index (χ0n) is 11.4. The molecule has 0 spiro atoms. The van der Waals surface area contributed by atoms with E-state index in [0.717, 1.165) is 18.5 Å². The van der Waals surface area contributed by atoms with Crippen LogP contribution >= 0.6 is 0 Å². The predicted octanol–water partition coefficient (Wildman–Crippen LogP) is 3.62. The van der Waals surface area contributed by atoms with E-state index >= 15 is 0 Å². The van der Waals surface area contributed by atoms with Gasteiger partial charge in [0.05, 0.1) is 0 Å². The molecule has 0 heterocycles. The maximum absolute atomic E-state index is 12.0. The van der Waals surface area contributed by atoms with Crippen molar-refractivity contribution >= 4 is 0 Å². The van der Waals surface area contributed by atoms with Crippen molar-refractivity contribution in [3.63, 3.8) is 0 Å². The standard InChI is InChI=1S/C14H20F3NO/c1-10(2)12(9-18-3)8-11-4-6-13(7-5-11)19-14(15,16)17/h4-7,10,12,18H,8-9H2,1-3H3. The molecule has 0 aromatic heterocycles. The molecule has 19 heavy (non-hydrogen) atoms. The first-order valence-electron chi connectivity index (χ1n) is 6.31. The molecule has 1 atom stereocenters. The molecule has 0 bridgehead atoms. The number of alkyl halides is 3. The van der Waals surface area contributed by atoms with Crippen LogP contribution in [-0.4, -0.2) is 20.0 Å². The number of benzene rings is 1. The van der Waals surface area contributed by atoms with Gasteiger partial charge in [-0.1, -0.05) is 26.0 Å².